The maximum absolute atomic E-state index is 13.8. The van der Waals surface area contributed by atoms with Crippen molar-refractivity contribution in [1.82, 2.24) is 14.1 Å². The Hall–Kier alpha value is -3.41. The van der Waals surface area contributed by atoms with Gasteiger partial charge in [0.25, 0.3) is 5.56 Å². The molecule has 0 spiro atoms. The molecule has 7 nitrogen and oxygen atoms in total. The molecule has 9 heteroatoms. The van der Waals surface area contributed by atoms with Crippen molar-refractivity contribution in [2.45, 2.75) is 0 Å². The number of aromatic nitrogens is 3. The fourth-order valence-electron chi connectivity index (χ4n) is 2.73. The van der Waals surface area contributed by atoms with Crippen molar-refractivity contribution in [2.75, 3.05) is 5.73 Å². The number of aryl methyl sites for hydroxylation is 1. The van der Waals surface area contributed by atoms with Crippen LogP contribution in [0.25, 0.3) is 22.2 Å². The zero-order valence-electron chi connectivity index (χ0n) is 13.4. The second kappa shape index (κ2) is 5.59. The molecule has 2 radical (unpaired) electrons. The molecule has 2 heterocycles. The van der Waals surface area contributed by atoms with Crippen LogP contribution in [0, 0.1) is 17.1 Å². The van der Waals surface area contributed by atoms with Crippen LogP contribution in [-0.4, -0.2) is 22.0 Å². The minimum absolute atomic E-state index is 0.0109. The Morgan fingerprint density at radius 3 is 2.60 bits per heavy atom. The van der Waals surface area contributed by atoms with Gasteiger partial charge >= 0.3 is 5.69 Å². The standard InChI is InChI=1S/C16H11BFN5O2/c1-22-14-12(15(24)23(2)16(22)25)11(9(6-19)13(20)21-14)8-5-7(18)3-4-10(8)17/h3-5H,1-2H3,(H2,20,21). The number of nitrogens with two attached hydrogens (primary N) is 1. The number of nitrogen functional groups attached to an aromatic ring is 1. The molecule has 0 atom stereocenters. The summed E-state index contributed by atoms with van der Waals surface area (Å²) in [7, 11) is 8.64. The fraction of sp³-hybridized carbons (Fsp3) is 0.125. The summed E-state index contributed by atoms with van der Waals surface area (Å²) in [6, 6.07) is 5.47. The third kappa shape index (κ3) is 2.30. The van der Waals surface area contributed by atoms with Gasteiger partial charge in [-0.05, 0) is 17.7 Å². The maximum Gasteiger partial charge on any atom is 0.332 e. The Bertz CT molecular complexity index is 1210. The Kier molecular flexibility index (Phi) is 3.68. The molecule has 0 bridgehead atoms. The van der Waals surface area contributed by atoms with Crippen molar-refractivity contribution >= 4 is 30.2 Å². The molecule has 0 aliphatic heterocycles. The lowest BCUT2D eigenvalue weighted by molar-refractivity contribution is 0.628. The third-order valence-corrected chi connectivity index (χ3v) is 4.01. The summed E-state index contributed by atoms with van der Waals surface area (Å²) in [6.45, 7) is 0. The van der Waals surface area contributed by atoms with Crippen LogP contribution in [-0.2, 0) is 14.1 Å². The molecule has 2 aromatic heterocycles. The Morgan fingerprint density at radius 1 is 1.28 bits per heavy atom. The van der Waals surface area contributed by atoms with Crippen molar-refractivity contribution in [1.29, 1.82) is 5.26 Å². The summed E-state index contributed by atoms with van der Waals surface area (Å²) >= 11 is 0. The van der Waals surface area contributed by atoms with Gasteiger partial charge in [0.05, 0.1) is 5.39 Å². The number of pyridine rings is 1. The van der Waals surface area contributed by atoms with Crippen molar-refractivity contribution in [3.05, 3.63) is 50.4 Å². The van der Waals surface area contributed by atoms with Gasteiger partial charge in [0.1, 0.15) is 31.1 Å². The number of fused-ring (bicyclic) bond motifs is 1. The lowest BCUT2D eigenvalue weighted by atomic mass is 9.84. The maximum atomic E-state index is 13.8. The van der Waals surface area contributed by atoms with Crippen LogP contribution in [0.4, 0.5) is 10.2 Å². The highest BCUT2D eigenvalue weighted by Gasteiger charge is 2.22. The summed E-state index contributed by atoms with van der Waals surface area (Å²) in [5.41, 5.74) is 4.77. The highest BCUT2D eigenvalue weighted by atomic mass is 19.1. The molecule has 0 aliphatic rings. The third-order valence-electron chi connectivity index (χ3n) is 4.01. The van der Waals surface area contributed by atoms with Gasteiger partial charge in [0, 0.05) is 19.7 Å². The van der Waals surface area contributed by atoms with Gasteiger partial charge in [-0.25, -0.2) is 14.2 Å². The van der Waals surface area contributed by atoms with E-state index in [-0.39, 0.29) is 39.0 Å². The molecule has 0 amide bonds. The molecule has 25 heavy (non-hydrogen) atoms. The molecular formula is C16H11BFN5O2. The fourth-order valence-corrected chi connectivity index (χ4v) is 2.73. The number of halogens is 1. The molecule has 0 unspecified atom stereocenters. The van der Waals surface area contributed by atoms with Crippen LogP contribution < -0.4 is 22.4 Å². The van der Waals surface area contributed by atoms with E-state index in [1.807, 2.05) is 6.07 Å². The smallest absolute Gasteiger partial charge is 0.332 e. The lowest BCUT2D eigenvalue weighted by Gasteiger charge is -2.15. The highest BCUT2D eigenvalue weighted by Crippen LogP contribution is 2.30. The van der Waals surface area contributed by atoms with E-state index in [2.05, 4.69) is 4.98 Å². The number of benzene rings is 1. The van der Waals surface area contributed by atoms with Gasteiger partial charge in [0.15, 0.2) is 5.65 Å². The van der Waals surface area contributed by atoms with Gasteiger partial charge in [-0.3, -0.25) is 13.9 Å². The minimum Gasteiger partial charge on any atom is -0.383 e. The molecular weight excluding hydrogens is 324 g/mol. The molecule has 3 aromatic rings. The van der Waals surface area contributed by atoms with E-state index < -0.39 is 17.1 Å². The Labute approximate surface area is 142 Å². The van der Waals surface area contributed by atoms with Crippen LogP contribution in [0.1, 0.15) is 5.56 Å². The second-order valence-corrected chi connectivity index (χ2v) is 5.49. The van der Waals surface area contributed by atoms with E-state index in [0.717, 1.165) is 21.3 Å². The number of nitriles is 1. The molecule has 122 valence electrons. The molecule has 3 rings (SSSR count). The van der Waals surface area contributed by atoms with E-state index in [1.165, 1.54) is 20.2 Å². The number of rotatable bonds is 1. The van der Waals surface area contributed by atoms with Gasteiger partial charge in [-0.2, -0.15) is 5.26 Å². The number of nitrogens with zero attached hydrogens (tertiary/aromatic N) is 4. The lowest BCUT2D eigenvalue weighted by Crippen LogP contribution is -2.38. The van der Waals surface area contributed by atoms with Crippen LogP contribution in [0.15, 0.2) is 27.8 Å². The summed E-state index contributed by atoms with van der Waals surface area (Å²) in [5, 5.41) is 9.45. The second-order valence-electron chi connectivity index (χ2n) is 5.49. The molecule has 0 saturated carbocycles. The van der Waals surface area contributed by atoms with Crippen molar-refractivity contribution in [3.8, 4) is 17.2 Å². The minimum atomic E-state index is -0.680. The number of hydrogen-bond donors (Lipinski definition) is 1. The molecule has 2 N–H and O–H groups in total. The zero-order valence-corrected chi connectivity index (χ0v) is 13.4. The number of hydrogen-bond acceptors (Lipinski definition) is 5. The van der Waals surface area contributed by atoms with E-state index in [4.69, 9.17) is 13.6 Å². The molecule has 0 saturated heterocycles. The van der Waals surface area contributed by atoms with Crippen LogP contribution >= 0.6 is 0 Å². The van der Waals surface area contributed by atoms with Gasteiger partial charge in [-0.15, -0.1) is 0 Å². The highest BCUT2D eigenvalue weighted by molar-refractivity contribution is 6.36. The van der Waals surface area contributed by atoms with E-state index >= 15 is 0 Å². The van der Waals surface area contributed by atoms with E-state index in [9.17, 15) is 19.2 Å². The van der Waals surface area contributed by atoms with Gasteiger partial charge < -0.3 is 5.73 Å². The van der Waals surface area contributed by atoms with Crippen molar-refractivity contribution in [3.63, 3.8) is 0 Å². The SMILES string of the molecule is [B]c1ccc(F)cc1-c1c(C#N)c(N)nc2c1c(=O)n(C)c(=O)n2C. The average molecular weight is 335 g/mol. The number of anilines is 1. The monoisotopic (exact) mass is 335 g/mol. The van der Waals surface area contributed by atoms with Gasteiger partial charge in [0.2, 0.25) is 0 Å². The molecule has 0 aliphatic carbocycles. The van der Waals surface area contributed by atoms with Crippen LogP contribution in [0.3, 0.4) is 0 Å². The zero-order chi connectivity index (χ0) is 18.5. The summed E-state index contributed by atoms with van der Waals surface area (Å²) in [6.07, 6.45) is 0. The Morgan fingerprint density at radius 2 is 1.96 bits per heavy atom. The summed E-state index contributed by atoms with van der Waals surface area (Å²) < 4.78 is 15.8. The first kappa shape index (κ1) is 16.5. The van der Waals surface area contributed by atoms with E-state index in [0.29, 0.717) is 0 Å². The van der Waals surface area contributed by atoms with Crippen LogP contribution in [0.2, 0.25) is 0 Å². The van der Waals surface area contributed by atoms with Crippen molar-refractivity contribution in [2.24, 2.45) is 14.1 Å². The average Bonchev–Trinajstić information content (AvgIpc) is 2.59. The topological polar surface area (TPSA) is 107 Å². The largest absolute Gasteiger partial charge is 0.383 e. The summed E-state index contributed by atoms with van der Waals surface area (Å²) in [5.74, 6) is -0.782. The quantitative estimate of drug-likeness (QED) is 0.614. The Balaban J connectivity index is 2.71. The predicted molar refractivity (Wildman–Crippen MR) is 92.1 cm³/mol. The normalized spacial score (nSPS) is 10.8. The van der Waals surface area contributed by atoms with Crippen LogP contribution in [0.5, 0.6) is 0 Å². The first-order chi connectivity index (χ1) is 11.8. The first-order valence-electron chi connectivity index (χ1n) is 7.12. The summed E-state index contributed by atoms with van der Waals surface area (Å²) in [4.78, 5) is 28.8. The molecule has 1 aromatic carbocycles. The van der Waals surface area contributed by atoms with Gasteiger partial charge in [-0.1, -0.05) is 11.5 Å². The van der Waals surface area contributed by atoms with Crippen molar-refractivity contribution < 1.29 is 4.39 Å². The predicted octanol–water partition coefficient (Wildman–Crippen LogP) is -0.314. The van der Waals surface area contributed by atoms with E-state index in [1.54, 1.807) is 0 Å². The first-order valence-corrected chi connectivity index (χ1v) is 7.12. The molecule has 0 fully saturated rings.